The van der Waals surface area contributed by atoms with Crippen LogP contribution >= 0.6 is 7.82 Å². The Bertz CT molecular complexity index is 749. The number of rotatable bonds is 33. The van der Waals surface area contributed by atoms with E-state index in [9.17, 15) is 19.4 Å². The third-order valence-corrected chi connectivity index (χ3v) is 8.76. The lowest BCUT2D eigenvalue weighted by Crippen LogP contribution is -2.45. The number of phosphoric acid groups is 1. The standard InChI is InChI=1S/C35H69N2O6P/c1-3-5-7-9-11-13-14-15-16-17-18-19-21-23-25-27-29-35(39)37-33(32-43-44(40,41)42-31-30-36)34(38)28-26-24-22-20-12-10-8-6-4-2/h12,20,26,28,33-34,38H,3-11,13-19,21-25,27,29-32,36H2,1-2H3,(H,37,39)(H,40,41)/b20-12+,28-26+. The van der Waals surface area contributed by atoms with Crippen molar-refractivity contribution < 1.29 is 28.4 Å². The first kappa shape index (κ1) is 43.0. The van der Waals surface area contributed by atoms with Crippen molar-refractivity contribution in [2.24, 2.45) is 5.73 Å². The van der Waals surface area contributed by atoms with Crippen LogP contribution in [-0.4, -0.2) is 47.8 Å². The number of allylic oxidation sites excluding steroid dienone is 3. The molecule has 3 unspecified atom stereocenters. The van der Waals surface area contributed by atoms with Crippen LogP contribution in [0, 0.1) is 0 Å². The van der Waals surface area contributed by atoms with Crippen LogP contribution in [0.4, 0.5) is 0 Å². The lowest BCUT2D eigenvalue weighted by Gasteiger charge is -2.23. The van der Waals surface area contributed by atoms with Gasteiger partial charge in [0.1, 0.15) is 0 Å². The zero-order valence-corrected chi connectivity index (χ0v) is 29.3. The van der Waals surface area contributed by atoms with Gasteiger partial charge in [-0.25, -0.2) is 4.57 Å². The van der Waals surface area contributed by atoms with Gasteiger partial charge in [0, 0.05) is 13.0 Å². The van der Waals surface area contributed by atoms with Crippen LogP contribution in [0.2, 0.25) is 0 Å². The molecule has 0 fully saturated rings. The molecule has 0 aromatic rings. The van der Waals surface area contributed by atoms with Gasteiger partial charge in [-0.05, 0) is 32.1 Å². The summed E-state index contributed by atoms with van der Waals surface area (Å²) < 4.78 is 21.9. The lowest BCUT2D eigenvalue weighted by molar-refractivity contribution is -0.123. The van der Waals surface area contributed by atoms with Crippen molar-refractivity contribution in [1.82, 2.24) is 5.32 Å². The van der Waals surface area contributed by atoms with E-state index in [1.165, 1.54) is 103 Å². The Morgan fingerprint density at radius 2 is 1.20 bits per heavy atom. The molecule has 0 aliphatic carbocycles. The molecule has 5 N–H and O–H groups in total. The predicted molar refractivity (Wildman–Crippen MR) is 185 cm³/mol. The molecule has 0 aromatic carbocycles. The van der Waals surface area contributed by atoms with E-state index in [0.29, 0.717) is 6.42 Å². The number of carbonyl (C=O) groups is 1. The molecule has 0 saturated heterocycles. The Morgan fingerprint density at radius 3 is 1.75 bits per heavy atom. The quantitative estimate of drug-likeness (QED) is 0.0318. The molecule has 0 aromatic heterocycles. The number of phosphoric ester groups is 1. The molecule has 0 aliphatic heterocycles. The minimum Gasteiger partial charge on any atom is -0.387 e. The van der Waals surface area contributed by atoms with Crippen LogP contribution in [0.3, 0.4) is 0 Å². The van der Waals surface area contributed by atoms with Gasteiger partial charge < -0.3 is 21.1 Å². The molecule has 0 bridgehead atoms. The van der Waals surface area contributed by atoms with Crippen molar-refractivity contribution in [2.75, 3.05) is 19.8 Å². The molecule has 1 amide bonds. The topological polar surface area (TPSA) is 131 Å². The molecule has 0 saturated carbocycles. The van der Waals surface area contributed by atoms with Gasteiger partial charge in [-0.2, -0.15) is 0 Å². The predicted octanol–water partition coefficient (Wildman–Crippen LogP) is 9.05. The third kappa shape index (κ3) is 29.7. The summed E-state index contributed by atoms with van der Waals surface area (Å²) in [6.07, 6.45) is 33.8. The Balaban J connectivity index is 4.27. The van der Waals surface area contributed by atoms with E-state index in [-0.39, 0.29) is 25.7 Å². The summed E-state index contributed by atoms with van der Waals surface area (Å²) in [6.45, 7) is 4.05. The van der Waals surface area contributed by atoms with E-state index in [1.807, 2.05) is 6.08 Å². The highest BCUT2D eigenvalue weighted by Crippen LogP contribution is 2.43. The molecule has 0 rings (SSSR count). The van der Waals surface area contributed by atoms with Crippen LogP contribution in [0.5, 0.6) is 0 Å². The van der Waals surface area contributed by atoms with Crippen molar-refractivity contribution >= 4 is 13.7 Å². The van der Waals surface area contributed by atoms with Crippen LogP contribution in [0.1, 0.15) is 162 Å². The smallest absolute Gasteiger partial charge is 0.387 e. The molecule has 0 aliphatic rings. The van der Waals surface area contributed by atoms with E-state index >= 15 is 0 Å². The van der Waals surface area contributed by atoms with Crippen LogP contribution in [0.15, 0.2) is 24.3 Å². The average molecular weight is 645 g/mol. The van der Waals surface area contributed by atoms with Gasteiger partial charge in [0.25, 0.3) is 0 Å². The minimum atomic E-state index is -4.33. The second kappa shape index (κ2) is 31.9. The Morgan fingerprint density at radius 1 is 0.727 bits per heavy atom. The molecule has 0 heterocycles. The van der Waals surface area contributed by atoms with Crippen LogP contribution < -0.4 is 11.1 Å². The van der Waals surface area contributed by atoms with Gasteiger partial charge >= 0.3 is 7.82 Å². The van der Waals surface area contributed by atoms with Crippen molar-refractivity contribution in [3.8, 4) is 0 Å². The molecular weight excluding hydrogens is 575 g/mol. The van der Waals surface area contributed by atoms with Crippen molar-refractivity contribution in [3.05, 3.63) is 24.3 Å². The minimum absolute atomic E-state index is 0.0752. The highest BCUT2D eigenvalue weighted by Gasteiger charge is 2.26. The Kier molecular flexibility index (Phi) is 31.2. The number of amides is 1. The monoisotopic (exact) mass is 644 g/mol. The number of hydrogen-bond donors (Lipinski definition) is 4. The van der Waals surface area contributed by atoms with Gasteiger partial charge in [0.2, 0.25) is 5.91 Å². The molecule has 8 nitrogen and oxygen atoms in total. The zero-order valence-electron chi connectivity index (χ0n) is 28.4. The molecule has 260 valence electrons. The lowest BCUT2D eigenvalue weighted by atomic mass is 10.0. The molecule has 44 heavy (non-hydrogen) atoms. The maximum Gasteiger partial charge on any atom is 0.472 e. The molecular formula is C35H69N2O6P. The van der Waals surface area contributed by atoms with E-state index in [1.54, 1.807) is 6.08 Å². The second-order valence-electron chi connectivity index (χ2n) is 12.1. The van der Waals surface area contributed by atoms with Gasteiger partial charge in [-0.1, -0.05) is 147 Å². The number of aliphatic hydroxyl groups excluding tert-OH is 1. The second-order valence-corrected chi connectivity index (χ2v) is 13.5. The van der Waals surface area contributed by atoms with Gasteiger partial charge in [0.05, 0.1) is 25.4 Å². The normalized spacial score (nSPS) is 14.8. The first-order valence-corrected chi connectivity index (χ1v) is 19.5. The number of aliphatic hydroxyl groups is 1. The Hall–Kier alpha value is -1.02. The van der Waals surface area contributed by atoms with E-state index in [0.717, 1.165) is 38.5 Å². The average Bonchev–Trinajstić information content (AvgIpc) is 3.01. The Labute approximate surface area is 270 Å². The number of unbranched alkanes of at least 4 members (excludes halogenated alkanes) is 19. The maximum absolute atomic E-state index is 12.6. The molecule has 0 radical (unpaired) electrons. The first-order valence-electron chi connectivity index (χ1n) is 18.0. The van der Waals surface area contributed by atoms with Gasteiger partial charge in [-0.15, -0.1) is 0 Å². The largest absolute Gasteiger partial charge is 0.472 e. The van der Waals surface area contributed by atoms with Gasteiger partial charge in [-0.3, -0.25) is 13.8 Å². The summed E-state index contributed by atoms with van der Waals surface area (Å²) in [5.41, 5.74) is 5.33. The van der Waals surface area contributed by atoms with Crippen molar-refractivity contribution in [3.63, 3.8) is 0 Å². The molecule has 0 spiro atoms. The van der Waals surface area contributed by atoms with Crippen LogP contribution in [-0.2, 0) is 18.4 Å². The number of nitrogens with one attached hydrogen (secondary N) is 1. The third-order valence-electron chi connectivity index (χ3n) is 7.78. The zero-order chi connectivity index (χ0) is 32.6. The summed E-state index contributed by atoms with van der Waals surface area (Å²) >= 11 is 0. The highest BCUT2D eigenvalue weighted by atomic mass is 31.2. The summed E-state index contributed by atoms with van der Waals surface area (Å²) in [5, 5.41) is 13.5. The number of hydrogen-bond acceptors (Lipinski definition) is 6. The molecule has 9 heteroatoms. The fraction of sp³-hybridized carbons (Fsp3) is 0.857. The van der Waals surface area contributed by atoms with Crippen molar-refractivity contribution in [2.45, 2.75) is 174 Å². The van der Waals surface area contributed by atoms with E-state index in [2.05, 4.69) is 31.3 Å². The highest BCUT2D eigenvalue weighted by molar-refractivity contribution is 7.47. The number of nitrogens with two attached hydrogens (primary N) is 1. The summed E-state index contributed by atoms with van der Waals surface area (Å²) in [6, 6.07) is -0.869. The van der Waals surface area contributed by atoms with E-state index < -0.39 is 20.0 Å². The van der Waals surface area contributed by atoms with Crippen LogP contribution in [0.25, 0.3) is 0 Å². The number of carbonyl (C=O) groups excluding carboxylic acids is 1. The summed E-state index contributed by atoms with van der Waals surface area (Å²) in [5.74, 6) is -0.206. The fourth-order valence-corrected chi connectivity index (χ4v) is 5.79. The first-order chi connectivity index (χ1) is 21.4. The van der Waals surface area contributed by atoms with Gasteiger partial charge in [0.15, 0.2) is 0 Å². The van der Waals surface area contributed by atoms with Crippen molar-refractivity contribution in [1.29, 1.82) is 0 Å². The summed E-state index contributed by atoms with van der Waals surface area (Å²) in [7, 11) is -4.33. The molecule has 3 atom stereocenters. The fourth-order valence-electron chi connectivity index (χ4n) is 5.03. The SMILES string of the molecule is CCCCC/C=C/CC/C=C/C(O)C(COP(=O)(O)OCCN)NC(=O)CCCCCCCCCCCCCCCCCC. The van der Waals surface area contributed by atoms with E-state index in [4.69, 9.17) is 14.8 Å². The maximum atomic E-state index is 12.6. The summed E-state index contributed by atoms with van der Waals surface area (Å²) in [4.78, 5) is 22.5.